The Hall–Kier alpha value is -2.12. The maximum Gasteiger partial charge on any atom is 0.271 e. The first-order valence-corrected chi connectivity index (χ1v) is 9.25. The van der Waals surface area contributed by atoms with Crippen molar-refractivity contribution in [3.05, 3.63) is 39.9 Å². The van der Waals surface area contributed by atoms with Gasteiger partial charge < -0.3 is 9.64 Å². The lowest BCUT2D eigenvalue weighted by Gasteiger charge is -2.25. The molecular weight excluding hydrogens is 360 g/mol. The third-order valence-electron chi connectivity index (χ3n) is 3.93. The van der Waals surface area contributed by atoms with Crippen molar-refractivity contribution in [1.29, 1.82) is 0 Å². The van der Waals surface area contributed by atoms with Gasteiger partial charge in [-0.15, -0.1) is 0 Å². The molecule has 2 aromatic rings. The number of hydrogen-bond acceptors (Lipinski definition) is 6. The van der Waals surface area contributed by atoms with E-state index in [1.807, 2.05) is 0 Å². The molecule has 0 bridgehead atoms. The van der Waals surface area contributed by atoms with Crippen molar-refractivity contribution in [2.45, 2.75) is 19.3 Å². The number of piperidine rings is 1. The number of amides is 1. The number of halogens is 1. The van der Waals surface area contributed by atoms with Gasteiger partial charge in [0.1, 0.15) is 5.75 Å². The van der Waals surface area contributed by atoms with Crippen LogP contribution in [0, 0.1) is 0 Å². The molecule has 1 amide bonds. The van der Waals surface area contributed by atoms with E-state index in [1.54, 1.807) is 31.4 Å². The van der Waals surface area contributed by atoms with Crippen LogP contribution >= 0.6 is 22.9 Å². The van der Waals surface area contributed by atoms with Crippen molar-refractivity contribution in [1.82, 2.24) is 10.4 Å². The van der Waals surface area contributed by atoms with Gasteiger partial charge in [0.2, 0.25) is 0 Å². The predicted molar refractivity (Wildman–Crippen MR) is 101 cm³/mol. The second-order valence-corrected chi connectivity index (χ2v) is 6.99. The average molecular weight is 379 g/mol. The summed E-state index contributed by atoms with van der Waals surface area (Å²) in [5.74, 6) is 0.400. The molecule has 0 radical (unpaired) electrons. The van der Waals surface area contributed by atoms with Crippen LogP contribution in [0.4, 0.5) is 5.13 Å². The number of benzene rings is 1. The Kier molecular flexibility index (Phi) is 5.88. The van der Waals surface area contributed by atoms with Gasteiger partial charge in [-0.25, -0.2) is 10.4 Å². The molecule has 1 aromatic heterocycles. The van der Waals surface area contributed by atoms with Gasteiger partial charge in [-0.3, -0.25) is 4.79 Å². The summed E-state index contributed by atoms with van der Waals surface area (Å²) in [6, 6.07) is 6.81. The molecule has 0 saturated carbocycles. The van der Waals surface area contributed by atoms with Crippen molar-refractivity contribution in [2.24, 2.45) is 5.10 Å². The number of carbonyl (C=O) groups excluding carboxylic acids is 1. The second-order valence-electron chi connectivity index (χ2n) is 5.63. The number of carbonyl (C=O) groups is 1. The summed E-state index contributed by atoms with van der Waals surface area (Å²) in [6.45, 7) is 2.02. The van der Waals surface area contributed by atoms with Crippen molar-refractivity contribution >= 4 is 40.2 Å². The van der Waals surface area contributed by atoms with Gasteiger partial charge in [-0.2, -0.15) is 5.10 Å². The fraction of sp³-hybridized carbons (Fsp3) is 0.353. The lowest BCUT2D eigenvalue weighted by Crippen LogP contribution is -2.29. The maximum absolute atomic E-state index is 12.1. The van der Waals surface area contributed by atoms with E-state index in [1.165, 1.54) is 36.8 Å². The number of methoxy groups -OCH3 is 1. The minimum absolute atomic E-state index is 0.296. The first kappa shape index (κ1) is 17.7. The zero-order valence-electron chi connectivity index (χ0n) is 13.9. The van der Waals surface area contributed by atoms with E-state index in [-0.39, 0.29) is 5.91 Å². The molecule has 1 aromatic carbocycles. The Morgan fingerprint density at radius 2 is 2.04 bits per heavy atom. The number of rotatable bonds is 5. The van der Waals surface area contributed by atoms with Crippen LogP contribution in [0.1, 0.15) is 34.5 Å². The van der Waals surface area contributed by atoms with Crippen LogP contribution in [0.3, 0.4) is 0 Å². The number of hydrogen-bond donors (Lipinski definition) is 1. The van der Waals surface area contributed by atoms with E-state index >= 15 is 0 Å². The fourth-order valence-electron chi connectivity index (χ4n) is 2.56. The van der Waals surface area contributed by atoms with Gasteiger partial charge in [0.25, 0.3) is 5.91 Å². The summed E-state index contributed by atoms with van der Waals surface area (Å²) < 4.78 is 5.07. The minimum Gasteiger partial charge on any atom is -0.497 e. The summed E-state index contributed by atoms with van der Waals surface area (Å²) in [7, 11) is 1.58. The lowest BCUT2D eigenvalue weighted by molar-refractivity contribution is 0.0955. The maximum atomic E-state index is 12.1. The summed E-state index contributed by atoms with van der Waals surface area (Å²) in [6.07, 6.45) is 5.16. The quantitative estimate of drug-likeness (QED) is 0.638. The van der Waals surface area contributed by atoms with Crippen molar-refractivity contribution in [2.75, 3.05) is 25.1 Å². The van der Waals surface area contributed by atoms with E-state index < -0.39 is 0 Å². The summed E-state index contributed by atoms with van der Waals surface area (Å²) in [5, 5.41) is 5.31. The molecule has 25 heavy (non-hydrogen) atoms. The zero-order chi connectivity index (χ0) is 17.6. The molecule has 1 fully saturated rings. The zero-order valence-corrected chi connectivity index (χ0v) is 15.4. The van der Waals surface area contributed by atoms with Crippen LogP contribution in [-0.2, 0) is 0 Å². The first-order valence-electron chi connectivity index (χ1n) is 8.06. The van der Waals surface area contributed by atoms with Crippen LogP contribution in [0.2, 0.25) is 5.15 Å². The minimum atomic E-state index is -0.296. The molecule has 1 saturated heterocycles. The van der Waals surface area contributed by atoms with Crippen molar-refractivity contribution < 1.29 is 9.53 Å². The van der Waals surface area contributed by atoms with Crippen molar-refractivity contribution in [3.8, 4) is 5.75 Å². The van der Waals surface area contributed by atoms with E-state index in [0.29, 0.717) is 16.5 Å². The van der Waals surface area contributed by atoms with Gasteiger partial charge in [0.05, 0.1) is 18.2 Å². The molecule has 6 nitrogen and oxygen atoms in total. The van der Waals surface area contributed by atoms with E-state index in [9.17, 15) is 4.79 Å². The molecule has 0 aliphatic carbocycles. The molecule has 0 unspecified atom stereocenters. The molecule has 0 spiro atoms. The molecule has 2 heterocycles. The molecule has 8 heteroatoms. The highest BCUT2D eigenvalue weighted by Gasteiger charge is 2.16. The molecule has 3 rings (SSSR count). The van der Waals surface area contributed by atoms with Crippen LogP contribution in [0.15, 0.2) is 29.4 Å². The SMILES string of the molecule is COc1ccc(C(=O)N/N=C\c2sc(N3CCCCC3)nc2Cl)cc1. The Bertz CT molecular complexity index is 755. The highest BCUT2D eigenvalue weighted by molar-refractivity contribution is 7.17. The Morgan fingerprint density at radius 1 is 1.32 bits per heavy atom. The van der Waals surface area contributed by atoms with Crippen molar-refractivity contribution in [3.63, 3.8) is 0 Å². The number of nitrogens with zero attached hydrogens (tertiary/aromatic N) is 3. The topological polar surface area (TPSA) is 66.8 Å². The highest BCUT2D eigenvalue weighted by atomic mass is 35.5. The number of aromatic nitrogens is 1. The fourth-order valence-corrected chi connectivity index (χ4v) is 3.73. The third kappa shape index (κ3) is 4.49. The first-order chi connectivity index (χ1) is 12.2. The van der Waals surface area contributed by atoms with Crippen LogP contribution in [0.5, 0.6) is 5.75 Å². The Labute approximate surface area is 155 Å². The van der Waals surface area contributed by atoms with E-state index in [0.717, 1.165) is 23.1 Å². The molecular formula is C17H19ClN4O2S. The van der Waals surface area contributed by atoms with Crippen LogP contribution in [-0.4, -0.2) is 37.3 Å². The number of thiazole rings is 1. The number of ether oxygens (including phenoxy) is 1. The molecule has 1 aliphatic rings. The van der Waals surface area contributed by atoms with Gasteiger partial charge >= 0.3 is 0 Å². The summed E-state index contributed by atoms with van der Waals surface area (Å²) in [5.41, 5.74) is 3.00. The average Bonchev–Trinajstić information content (AvgIpc) is 3.03. The van der Waals surface area contributed by atoms with Gasteiger partial charge in [-0.05, 0) is 43.5 Å². The van der Waals surface area contributed by atoms with Gasteiger partial charge in [-0.1, -0.05) is 22.9 Å². The van der Waals surface area contributed by atoms with E-state index in [4.69, 9.17) is 16.3 Å². The molecule has 1 N–H and O–H groups in total. The normalized spacial score (nSPS) is 14.7. The lowest BCUT2D eigenvalue weighted by atomic mass is 10.1. The van der Waals surface area contributed by atoms with Crippen LogP contribution in [0.25, 0.3) is 0 Å². The largest absolute Gasteiger partial charge is 0.497 e. The smallest absolute Gasteiger partial charge is 0.271 e. The second kappa shape index (κ2) is 8.31. The monoisotopic (exact) mass is 378 g/mol. The third-order valence-corrected chi connectivity index (χ3v) is 5.38. The predicted octanol–water partition coefficient (Wildman–Crippen LogP) is 3.56. The summed E-state index contributed by atoms with van der Waals surface area (Å²) in [4.78, 5) is 19.4. The number of hydrazone groups is 1. The Morgan fingerprint density at radius 3 is 2.72 bits per heavy atom. The van der Waals surface area contributed by atoms with Gasteiger partial charge in [0.15, 0.2) is 10.3 Å². The number of nitrogens with one attached hydrogen (secondary N) is 1. The molecule has 0 atom stereocenters. The standard InChI is InChI=1S/C17H19ClN4O2S/c1-24-13-7-5-12(6-8-13)16(23)21-19-11-14-15(18)20-17(25-14)22-9-3-2-4-10-22/h5-8,11H,2-4,9-10H2,1H3,(H,21,23)/b19-11-. The van der Waals surface area contributed by atoms with Gasteiger partial charge in [0, 0.05) is 18.7 Å². The Balaban J connectivity index is 1.61. The van der Waals surface area contributed by atoms with Crippen LogP contribution < -0.4 is 15.1 Å². The molecule has 132 valence electrons. The number of anilines is 1. The highest BCUT2D eigenvalue weighted by Crippen LogP contribution is 2.30. The van der Waals surface area contributed by atoms with E-state index in [2.05, 4.69) is 20.4 Å². The summed E-state index contributed by atoms with van der Waals surface area (Å²) >= 11 is 7.67. The molecule has 1 aliphatic heterocycles.